The molecule has 1 aliphatic carbocycles. The van der Waals surface area contributed by atoms with Crippen molar-refractivity contribution < 1.29 is 14.7 Å². The van der Waals surface area contributed by atoms with Crippen LogP contribution in [0.25, 0.3) is 0 Å². The molecule has 1 atom stereocenters. The highest BCUT2D eigenvalue weighted by atomic mass is 16.4. The fourth-order valence-electron chi connectivity index (χ4n) is 1.73. The minimum Gasteiger partial charge on any atom is -0.481 e. The molecule has 5 nitrogen and oxygen atoms in total. The Hall–Kier alpha value is -1.10. The number of nitrogens with one attached hydrogen (secondary N) is 1. The number of carboxylic acid groups (broad SMARTS) is 1. The Kier molecular flexibility index (Phi) is 3.28. The first-order valence-corrected chi connectivity index (χ1v) is 5.48. The largest absolute Gasteiger partial charge is 0.481 e. The predicted octanol–water partition coefficient (Wildman–Crippen LogP) is 0.483. The van der Waals surface area contributed by atoms with Crippen LogP contribution in [0.15, 0.2) is 0 Å². The zero-order chi connectivity index (χ0) is 12.6. The third-order valence-electron chi connectivity index (χ3n) is 2.96. The maximum atomic E-state index is 11.9. The van der Waals surface area contributed by atoms with Gasteiger partial charge in [0, 0.05) is 5.54 Å². The van der Waals surface area contributed by atoms with Crippen molar-refractivity contribution in [2.24, 2.45) is 11.7 Å². The Morgan fingerprint density at radius 2 is 1.88 bits per heavy atom. The first-order chi connectivity index (χ1) is 7.15. The van der Waals surface area contributed by atoms with E-state index in [0.29, 0.717) is 0 Å². The zero-order valence-corrected chi connectivity index (χ0v) is 10.0. The number of rotatable bonds is 5. The van der Waals surface area contributed by atoms with Crippen LogP contribution < -0.4 is 11.1 Å². The van der Waals surface area contributed by atoms with E-state index in [1.165, 1.54) is 0 Å². The Balaban J connectivity index is 2.59. The predicted molar refractivity (Wildman–Crippen MR) is 59.8 cm³/mol. The molecule has 0 aromatic heterocycles. The molecule has 1 amide bonds. The van der Waals surface area contributed by atoms with E-state index in [9.17, 15) is 9.59 Å². The number of carbonyl (C=O) groups is 2. The van der Waals surface area contributed by atoms with E-state index in [2.05, 4.69) is 5.32 Å². The van der Waals surface area contributed by atoms with Crippen LogP contribution in [0.2, 0.25) is 0 Å². The molecule has 0 aromatic rings. The lowest BCUT2D eigenvalue weighted by molar-refractivity contribution is -0.139. The Morgan fingerprint density at radius 3 is 2.25 bits per heavy atom. The molecular formula is C11H20N2O3. The van der Waals surface area contributed by atoms with Gasteiger partial charge in [-0.15, -0.1) is 0 Å². The van der Waals surface area contributed by atoms with Crippen molar-refractivity contribution in [1.82, 2.24) is 5.32 Å². The third kappa shape index (κ3) is 3.20. The maximum Gasteiger partial charge on any atom is 0.305 e. The molecule has 1 rings (SSSR count). The molecule has 0 radical (unpaired) electrons. The number of carboxylic acids is 1. The van der Waals surface area contributed by atoms with Crippen LogP contribution in [0, 0.1) is 5.92 Å². The average molecular weight is 228 g/mol. The molecule has 1 unspecified atom stereocenters. The van der Waals surface area contributed by atoms with Gasteiger partial charge >= 0.3 is 5.97 Å². The van der Waals surface area contributed by atoms with Crippen molar-refractivity contribution in [2.45, 2.75) is 51.1 Å². The van der Waals surface area contributed by atoms with Gasteiger partial charge < -0.3 is 16.2 Å². The summed E-state index contributed by atoms with van der Waals surface area (Å²) < 4.78 is 0. The van der Waals surface area contributed by atoms with Gasteiger partial charge in [-0.2, -0.15) is 0 Å². The highest BCUT2D eigenvalue weighted by Crippen LogP contribution is 2.38. The number of aliphatic carboxylic acids is 1. The number of hydrogen-bond acceptors (Lipinski definition) is 3. The maximum absolute atomic E-state index is 11.9. The smallest absolute Gasteiger partial charge is 0.305 e. The van der Waals surface area contributed by atoms with Gasteiger partial charge in [0.15, 0.2) is 0 Å². The lowest BCUT2D eigenvalue weighted by Crippen LogP contribution is -2.58. The lowest BCUT2D eigenvalue weighted by atomic mass is 9.93. The van der Waals surface area contributed by atoms with Gasteiger partial charge in [-0.25, -0.2) is 0 Å². The minimum absolute atomic E-state index is 0.112. The molecule has 0 bridgehead atoms. The number of carbonyl (C=O) groups excluding carboxylic acids is 1. The van der Waals surface area contributed by atoms with E-state index < -0.39 is 17.0 Å². The molecule has 1 saturated carbocycles. The van der Waals surface area contributed by atoms with Gasteiger partial charge in [0.05, 0.1) is 12.0 Å². The van der Waals surface area contributed by atoms with E-state index in [4.69, 9.17) is 10.8 Å². The van der Waals surface area contributed by atoms with Crippen molar-refractivity contribution in [2.75, 3.05) is 0 Å². The summed E-state index contributed by atoms with van der Waals surface area (Å²) >= 11 is 0. The van der Waals surface area contributed by atoms with Crippen LogP contribution >= 0.6 is 0 Å². The van der Waals surface area contributed by atoms with E-state index in [1.807, 2.05) is 0 Å². The van der Waals surface area contributed by atoms with E-state index in [-0.39, 0.29) is 18.2 Å². The second-order valence-corrected chi connectivity index (χ2v) is 5.47. The molecule has 0 spiro atoms. The number of hydrogen-bond donors (Lipinski definition) is 3. The Morgan fingerprint density at radius 1 is 1.38 bits per heavy atom. The van der Waals surface area contributed by atoms with Gasteiger partial charge in [-0.3, -0.25) is 9.59 Å². The topological polar surface area (TPSA) is 92.4 Å². The van der Waals surface area contributed by atoms with E-state index in [1.54, 1.807) is 20.8 Å². The molecule has 0 aliphatic heterocycles. The minimum atomic E-state index is -0.935. The molecule has 5 heteroatoms. The van der Waals surface area contributed by atoms with Crippen LogP contribution in [0.5, 0.6) is 0 Å². The second kappa shape index (κ2) is 4.05. The molecule has 0 heterocycles. The van der Waals surface area contributed by atoms with Crippen molar-refractivity contribution >= 4 is 11.9 Å². The van der Waals surface area contributed by atoms with Crippen LogP contribution in [0.1, 0.15) is 40.0 Å². The van der Waals surface area contributed by atoms with Crippen LogP contribution in [-0.2, 0) is 9.59 Å². The highest BCUT2D eigenvalue weighted by molar-refractivity contribution is 5.87. The van der Waals surface area contributed by atoms with Crippen molar-refractivity contribution in [3.63, 3.8) is 0 Å². The lowest BCUT2D eigenvalue weighted by Gasteiger charge is -2.31. The van der Waals surface area contributed by atoms with Crippen molar-refractivity contribution in [1.29, 1.82) is 0 Å². The van der Waals surface area contributed by atoms with Crippen molar-refractivity contribution in [3.05, 3.63) is 0 Å². The monoisotopic (exact) mass is 228 g/mol. The SMILES string of the molecule is CC(C)(CC(=O)O)NC(=O)C(C)(N)C1CC1. The number of amides is 1. The van der Waals surface area contributed by atoms with Crippen LogP contribution in [0.4, 0.5) is 0 Å². The van der Waals surface area contributed by atoms with Crippen LogP contribution in [0.3, 0.4) is 0 Å². The van der Waals surface area contributed by atoms with Gasteiger partial charge in [0.2, 0.25) is 5.91 Å². The molecule has 0 saturated heterocycles. The van der Waals surface area contributed by atoms with E-state index >= 15 is 0 Å². The molecule has 1 fully saturated rings. The Bertz CT molecular complexity index is 306. The Labute approximate surface area is 95.4 Å². The molecule has 16 heavy (non-hydrogen) atoms. The standard InChI is InChI=1S/C11H20N2O3/c1-10(2,6-8(14)15)13-9(16)11(3,12)7-4-5-7/h7H,4-6,12H2,1-3H3,(H,13,16)(H,14,15). The first kappa shape index (κ1) is 13.0. The molecular weight excluding hydrogens is 208 g/mol. The normalized spacial score (nSPS) is 20.0. The summed E-state index contributed by atoms with van der Waals surface area (Å²) in [6, 6.07) is 0. The average Bonchev–Trinajstić information content (AvgIpc) is 2.80. The summed E-state index contributed by atoms with van der Waals surface area (Å²) in [4.78, 5) is 22.5. The van der Waals surface area contributed by atoms with Gasteiger partial charge in [-0.05, 0) is 39.5 Å². The molecule has 1 aliphatic rings. The van der Waals surface area contributed by atoms with Crippen molar-refractivity contribution in [3.8, 4) is 0 Å². The molecule has 0 aromatic carbocycles. The van der Waals surface area contributed by atoms with Gasteiger partial charge in [-0.1, -0.05) is 0 Å². The number of nitrogens with two attached hydrogens (primary N) is 1. The molecule has 92 valence electrons. The first-order valence-electron chi connectivity index (χ1n) is 5.48. The summed E-state index contributed by atoms with van der Waals surface area (Å²) in [7, 11) is 0. The van der Waals surface area contributed by atoms with Crippen LogP contribution in [-0.4, -0.2) is 28.1 Å². The molecule has 4 N–H and O–H groups in total. The summed E-state index contributed by atoms with van der Waals surface area (Å²) in [6.45, 7) is 5.07. The highest BCUT2D eigenvalue weighted by Gasteiger charge is 2.45. The third-order valence-corrected chi connectivity index (χ3v) is 2.96. The van der Waals surface area contributed by atoms with E-state index in [0.717, 1.165) is 12.8 Å². The summed E-state index contributed by atoms with van der Waals surface area (Å²) in [5, 5.41) is 11.4. The van der Waals surface area contributed by atoms with Gasteiger partial charge in [0.1, 0.15) is 0 Å². The van der Waals surface area contributed by atoms with Gasteiger partial charge in [0.25, 0.3) is 0 Å². The summed E-state index contributed by atoms with van der Waals surface area (Å²) in [5.74, 6) is -0.968. The quantitative estimate of drug-likeness (QED) is 0.638. The summed E-state index contributed by atoms with van der Waals surface area (Å²) in [5.41, 5.74) is 4.30. The fourth-order valence-corrected chi connectivity index (χ4v) is 1.73. The second-order valence-electron chi connectivity index (χ2n) is 5.47. The summed E-state index contributed by atoms with van der Waals surface area (Å²) in [6.07, 6.45) is 1.83. The zero-order valence-electron chi connectivity index (χ0n) is 10.0. The fraction of sp³-hybridized carbons (Fsp3) is 0.818.